The van der Waals surface area contributed by atoms with Gasteiger partial charge in [-0.05, 0) is 38.3 Å². The Morgan fingerprint density at radius 3 is 2.63 bits per heavy atom. The molecule has 1 heterocycles. The summed E-state index contributed by atoms with van der Waals surface area (Å²) in [7, 11) is 0. The van der Waals surface area contributed by atoms with E-state index in [1.807, 2.05) is 0 Å². The van der Waals surface area contributed by atoms with Gasteiger partial charge in [0.25, 0.3) is 0 Å². The van der Waals surface area contributed by atoms with E-state index in [0.29, 0.717) is 30.8 Å². The van der Waals surface area contributed by atoms with Crippen molar-refractivity contribution in [2.24, 2.45) is 0 Å². The lowest BCUT2D eigenvalue weighted by Crippen LogP contribution is -2.35. The molecule has 0 bridgehead atoms. The van der Waals surface area contributed by atoms with E-state index in [-0.39, 0.29) is 42.1 Å². The van der Waals surface area contributed by atoms with Gasteiger partial charge >= 0.3 is 12.1 Å². The number of hydrogen-bond donors (Lipinski definition) is 1. The maximum Gasteiger partial charge on any atom is 0.416 e. The van der Waals surface area contributed by atoms with Crippen molar-refractivity contribution in [3.8, 4) is 0 Å². The minimum Gasteiger partial charge on any atom is -0.460 e. The van der Waals surface area contributed by atoms with E-state index >= 15 is 0 Å². The monoisotopic (exact) mass is 423 g/mol. The van der Waals surface area contributed by atoms with Crippen LogP contribution in [0.2, 0.25) is 0 Å². The number of carbonyl (C=O) groups is 2. The molecule has 1 N–H and O–H groups in total. The molecule has 5 nitrogen and oxygen atoms in total. The number of allylic oxidation sites excluding steroid dienone is 3. The van der Waals surface area contributed by atoms with Gasteiger partial charge in [0.1, 0.15) is 6.61 Å². The molecular formula is C22H24F3NO4. The molecule has 1 aromatic rings. The van der Waals surface area contributed by atoms with Crippen LogP contribution in [0.5, 0.6) is 0 Å². The second kappa shape index (κ2) is 9.04. The van der Waals surface area contributed by atoms with Crippen LogP contribution in [0.15, 0.2) is 46.8 Å². The van der Waals surface area contributed by atoms with E-state index < -0.39 is 23.6 Å². The standard InChI is InChI=1S/C22H24F3NO4/c1-3-29-11-12-30-21(28)18-13(2)26-16-9-6-10-17(27)20(16)19(18)14-7-4-5-8-15(14)22(23,24)25/h4-5,7-8,19,26H,3,6,9-12H2,1-2H3/t19-/m1/s1. The Balaban J connectivity index is 2.10. The summed E-state index contributed by atoms with van der Waals surface area (Å²) in [5, 5.41) is 3.06. The SMILES string of the molecule is CCOCCOC(=O)C1=C(C)NC2=C(C(=O)CCC2)[C@@H]1c1ccccc1C(F)(F)F. The van der Waals surface area contributed by atoms with Crippen LogP contribution in [0.1, 0.15) is 50.2 Å². The molecule has 0 aromatic heterocycles. The van der Waals surface area contributed by atoms with Crippen LogP contribution >= 0.6 is 0 Å². The van der Waals surface area contributed by atoms with Crippen molar-refractivity contribution in [3.05, 3.63) is 57.9 Å². The Morgan fingerprint density at radius 2 is 1.93 bits per heavy atom. The first-order valence-electron chi connectivity index (χ1n) is 9.90. The maximum atomic E-state index is 13.8. The second-order valence-corrected chi connectivity index (χ2v) is 7.18. The van der Waals surface area contributed by atoms with Gasteiger partial charge in [-0.1, -0.05) is 18.2 Å². The van der Waals surface area contributed by atoms with Gasteiger partial charge in [0.05, 0.1) is 17.7 Å². The highest BCUT2D eigenvalue weighted by atomic mass is 19.4. The van der Waals surface area contributed by atoms with Crippen molar-refractivity contribution in [1.82, 2.24) is 5.32 Å². The summed E-state index contributed by atoms with van der Waals surface area (Å²) in [5.41, 5.74) is 0.237. The lowest BCUT2D eigenvalue weighted by molar-refractivity contribution is -0.142. The molecule has 1 aliphatic carbocycles. The minimum absolute atomic E-state index is 0.0252. The van der Waals surface area contributed by atoms with Crippen LogP contribution in [0.4, 0.5) is 13.2 Å². The Bertz CT molecular complexity index is 902. The topological polar surface area (TPSA) is 64.6 Å². The number of benzene rings is 1. The van der Waals surface area contributed by atoms with E-state index in [4.69, 9.17) is 9.47 Å². The number of halogens is 3. The molecule has 8 heteroatoms. The van der Waals surface area contributed by atoms with Crippen LogP contribution in [0.3, 0.4) is 0 Å². The third-order valence-electron chi connectivity index (χ3n) is 5.24. The van der Waals surface area contributed by atoms with Crippen molar-refractivity contribution in [1.29, 1.82) is 0 Å². The zero-order valence-corrected chi connectivity index (χ0v) is 16.9. The van der Waals surface area contributed by atoms with E-state index in [9.17, 15) is 22.8 Å². The van der Waals surface area contributed by atoms with Crippen molar-refractivity contribution in [2.75, 3.05) is 19.8 Å². The Kier molecular flexibility index (Phi) is 6.65. The molecule has 1 aliphatic heterocycles. The highest BCUT2D eigenvalue weighted by Gasteiger charge is 2.43. The summed E-state index contributed by atoms with van der Waals surface area (Å²) in [6.45, 7) is 4.01. The lowest BCUT2D eigenvalue weighted by Gasteiger charge is -2.35. The number of hydrogen-bond acceptors (Lipinski definition) is 5. The zero-order valence-electron chi connectivity index (χ0n) is 16.9. The molecule has 0 unspecified atom stereocenters. The van der Waals surface area contributed by atoms with Crippen LogP contribution < -0.4 is 5.32 Å². The van der Waals surface area contributed by atoms with E-state index in [1.165, 1.54) is 18.2 Å². The van der Waals surface area contributed by atoms with E-state index in [1.54, 1.807) is 13.8 Å². The number of ether oxygens (including phenoxy) is 2. The second-order valence-electron chi connectivity index (χ2n) is 7.18. The molecule has 0 radical (unpaired) electrons. The first-order valence-corrected chi connectivity index (χ1v) is 9.90. The van der Waals surface area contributed by atoms with Crippen LogP contribution in [-0.2, 0) is 25.2 Å². The van der Waals surface area contributed by atoms with Crippen molar-refractivity contribution in [3.63, 3.8) is 0 Å². The minimum atomic E-state index is -4.63. The van der Waals surface area contributed by atoms with Crippen LogP contribution in [0, 0.1) is 0 Å². The number of ketones is 1. The zero-order chi connectivity index (χ0) is 21.9. The van der Waals surface area contributed by atoms with Gasteiger partial charge in [0.2, 0.25) is 0 Å². The molecule has 162 valence electrons. The molecular weight excluding hydrogens is 399 g/mol. The van der Waals surface area contributed by atoms with Crippen LogP contribution in [-0.4, -0.2) is 31.6 Å². The average molecular weight is 423 g/mol. The average Bonchev–Trinajstić information content (AvgIpc) is 2.69. The summed E-state index contributed by atoms with van der Waals surface area (Å²) in [6, 6.07) is 5.07. The van der Waals surface area contributed by atoms with Gasteiger partial charge in [-0.2, -0.15) is 13.2 Å². The van der Waals surface area contributed by atoms with Crippen molar-refractivity contribution in [2.45, 2.75) is 45.2 Å². The largest absolute Gasteiger partial charge is 0.460 e. The predicted octanol–water partition coefficient (Wildman–Crippen LogP) is 4.25. The molecule has 2 aliphatic rings. The van der Waals surface area contributed by atoms with Crippen molar-refractivity contribution >= 4 is 11.8 Å². The summed E-state index contributed by atoms with van der Waals surface area (Å²) >= 11 is 0. The van der Waals surface area contributed by atoms with Gasteiger partial charge in [-0.25, -0.2) is 4.79 Å². The normalized spacial score (nSPS) is 19.5. The number of esters is 1. The fourth-order valence-electron chi connectivity index (χ4n) is 3.99. The summed E-state index contributed by atoms with van der Waals surface area (Å²) < 4.78 is 51.7. The molecule has 0 saturated heterocycles. The van der Waals surface area contributed by atoms with Gasteiger partial charge in [-0.3, -0.25) is 4.79 Å². The summed E-state index contributed by atoms with van der Waals surface area (Å²) in [5.74, 6) is -2.14. The number of Topliss-reactive ketones (excluding diaryl/α,β-unsaturated/α-hetero) is 1. The first-order chi connectivity index (χ1) is 14.3. The third-order valence-corrected chi connectivity index (χ3v) is 5.24. The predicted molar refractivity (Wildman–Crippen MR) is 103 cm³/mol. The van der Waals surface area contributed by atoms with Gasteiger partial charge in [0, 0.05) is 35.9 Å². The fourth-order valence-corrected chi connectivity index (χ4v) is 3.99. The third kappa shape index (κ3) is 4.43. The van der Waals surface area contributed by atoms with Crippen LogP contribution in [0.25, 0.3) is 0 Å². The number of nitrogens with one attached hydrogen (secondary N) is 1. The Hall–Kier alpha value is -2.61. The molecule has 1 atom stereocenters. The maximum absolute atomic E-state index is 13.8. The summed E-state index contributed by atoms with van der Waals surface area (Å²) in [4.78, 5) is 25.7. The number of rotatable bonds is 6. The highest BCUT2D eigenvalue weighted by Crippen LogP contribution is 2.46. The van der Waals surface area contributed by atoms with Gasteiger partial charge in [-0.15, -0.1) is 0 Å². The van der Waals surface area contributed by atoms with Gasteiger partial charge in [0.15, 0.2) is 5.78 Å². The quantitative estimate of drug-likeness (QED) is 0.547. The lowest BCUT2D eigenvalue weighted by atomic mass is 9.74. The molecule has 0 saturated carbocycles. The van der Waals surface area contributed by atoms with E-state index in [0.717, 1.165) is 6.07 Å². The van der Waals surface area contributed by atoms with Gasteiger partial charge < -0.3 is 14.8 Å². The smallest absolute Gasteiger partial charge is 0.416 e. The molecule has 0 fully saturated rings. The summed E-state index contributed by atoms with van der Waals surface area (Å²) in [6.07, 6.45) is -3.25. The molecule has 0 spiro atoms. The molecule has 30 heavy (non-hydrogen) atoms. The number of dihydropyridines is 1. The fraction of sp³-hybridized carbons (Fsp3) is 0.455. The molecule has 3 rings (SSSR count). The molecule has 0 amide bonds. The van der Waals surface area contributed by atoms with E-state index in [2.05, 4.69) is 5.32 Å². The molecule has 1 aromatic carbocycles. The number of alkyl halides is 3. The Labute approximate surface area is 172 Å². The number of carbonyl (C=O) groups excluding carboxylic acids is 2. The first kappa shape index (κ1) is 22.1. The highest BCUT2D eigenvalue weighted by molar-refractivity contribution is 6.03. The van der Waals surface area contributed by atoms with Crippen molar-refractivity contribution < 1.29 is 32.2 Å². The Morgan fingerprint density at radius 1 is 1.20 bits per heavy atom.